The Kier molecular flexibility index (Phi) is 6.12. The van der Waals surface area contributed by atoms with E-state index in [1.807, 2.05) is 24.4 Å². The highest BCUT2D eigenvalue weighted by atomic mass is 32.1. The van der Waals surface area contributed by atoms with Gasteiger partial charge in [-0.25, -0.2) is 9.97 Å². The zero-order valence-corrected chi connectivity index (χ0v) is 20.7. The minimum Gasteiger partial charge on any atom is -0.391 e. The van der Waals surface area contributed by atoms with Gasteiger partial charge in [0.25, 0.3) is 5.91 Å². The summed E-state index contributed by atoms with van der Waals surface area (Å²) in [7, 11) is 0. The fraction of sp³-hybridized carbons (Fsp3) is 0.400. The Hall–Kier alpha value is -3.41. The number of carbonyl (C=O) groups is 1. The lowest BCUT2D eigenvalue weighted by atomic mass is 10.2. The molecule has 2 aliphatic rings. The highest BCUT2D eigenvalue weighted by Crippen LogP contribution is 2.44. The van der Waals surface area contributed by atoms with Crippen molar-refractivity contribution in [2.45, 2.75) is 38.3 Å². The Morgan fingerprint density at radius 3 is 2.86 bits per heavy atom. The summed E-state index contributed by atoms with van der Waals surface area (Å²) in [6.07, 6.45) is 5.12. The van der Waals surface area contributed by atoms with Gasteiger partial charge in [0.1, 0.15) is 5.69 Å². The van der Waals surface area contributed by atoms with E-state index in [0.29, 0.717) is 37.1 Å². The fourth-order valence-corrected chi connectivity index (χ4v) is 5.30. The molecule has 1 aliphatic heterocycles. The van der Waals surface area contributed by atoms with Gasteiger partial charge in [0.05, 0.1) is 53.8 Å². The maximum Gasteiger partial charge on any atom is 0.274 e. The Labute approximate surface area is 212 Å². The summed E-state index contributed by atoms with van der Waals surface area (Å²) in [5.41, 5.74) is 4.10. The van der Waals surface area contributed by atoms with Crippen molar-refractivity contribution < 1.29 is 14.6 Å². The number of nitrogens with zero attached hydrogens (tertiary/aromatic N) is 6. The van der Waals surface area contributed by atoms with E-state index in [4.69, 9.17) is 14.7 Å². The molecule has 0 aromatic carbocycles. The molecule has 0 bridgehead atoms. The van der Waals surface area contributed by atoms with Gasteiger partial charge in [-0.2, -0.15) is 10.1 Å². The Balaban J connectivity index is 1.26. The van der Waals surface area contributed by atoms with Crippen molar-refractivity contribution in [3.8, 4) is 11.3 Å². The first-order valence-electron chi connectivity index (χ1n) is 12.2. The minimum atomic E-state index is -0.502. The number of aromatic nitrogens is 5. The van der Waals surface area contributed by atoms with Crippen LogP contribution in [0.2, 0.25) is 0 Å². The Morgan fingerprint density at radius 1 is 1.25 bits per heavy atom. The molecular formula is C25H27N7O3S. The number of fused-ring (bicyclic) bond motifs is 1. The second-order valence-corrected chi connectivity index (χ2v) is 10.3. The van der Waals surface area contributed by atoms with Gasteiger partial charge in [-0.15, -0.1) is 0 Å². The zero-order valence-electron chi connectivity index (χ0n) is 19.9. The van der Waals surface area contributed by atoms with E-state index in [1.165, 1.54) is 0 Å². The van der Waals surface area contributed by atoms with Crippen LogP contribution in [0.5, 0.6) is 0 Å². The largest absolute Gasteiger partial charge is 0.391 e. The summed E-state index contributed by atoms with van der Waals surface area (Å²) in [5, 5.41) is 17.9. The summed E-state index contributed by atoms with van der Waals surface area (Å²) in [4.78, 5) is 29.7. The molecule has 10 nitrogen and oxygen atoms in total. The van der Waals surface area contributed by atoms with Crippen LogP contribution in [0.15, 0.2) is 36.7 Å². The number of hydrogen-bond donors (Lipinski definition) is 2. The zero-order chi connectivity index (χ0) is 24.6. The van der Waals surface area contributed by atoms with Crippen LogP contribution in [0.3, 0.4) is 0 Å². The third-order valence-electron chi connectivity index (χ3n) is 6.26. The SMILES string of the molecule is C[C@H](O)Cn1cc(-c2cccc(C(=O)Nc3cc4sc(N5CCOCC5)nc4nc3C3CC3)n2)cn1. The molecule has 36 heavy (non-hydrogen) atoms. The monoisotopic (exact) mass is 505 g/mol. The number of morpholine rings is 1. The third kappa shape index (κ3) is 4.81. The molecule has 1 atom stereocenters. The molecule has 1 saturated carbocycles. The number of amides is 1. The van der Waals surface area contributed by atoms with Crippen LogP contribution in [-0.2, 0) is 11.3 Å². The topological polar surface area (TPSA) is 118 Å². The standard InChI is InChI=1S/C25H27N7O3S/c1-15(33)13-32-14-17(12-26-32)18-3-2-4-19(27-18)24(34)28-20-11-21-23(29-22(20)16-5-6-16)30-25(36-21)31-7-9-35-10-8-31/h2-4,11-12,14-16,33H,5-10,13H2,1H3,(H,28,34)/t15-/m0/s1. The summed E-state index contributed by atoms with van der Waals surface area (Å²) in [5.74, 6) is 0.0616. The van der Waals surface area contributed by atoms with Crippen LogP contribution in [0.4, 0.5) is 10.8 Å². The van der Waals surface area contributed by atoms with Gasteiger partial charge < -0.3 is 20.1 Å². The van der Waals surface area contributed by atoms with Gasteiger partial charge in [0.2, 0.25) is 0 Å². The van der Waals surface area contributed by atoms with Crippen LogP contribution in [0.25, 0.3) is 21.6 Å². The number of nitrogens with one attached hydrogen (secondary N) is 1. The highest BCUT2D eigenvalue weighted by molar-refractivity contribution is 7.22. The molecule has 186 valence electrons. The predicted octanol–water partition coefficient (Wildman–Crippen LogP) is 3.30. The van der Waals surface area contributed by atoms with Crippen LogP contribution in [0, 0.1) is 0 Å². The smallest absolute Gasteiger partial charge is 0.274 e. The summed E-state index contributed by atoms with van der Waals surface area (Å²) < 4.78 is 8.08. The molecule has 1 amide bonds. The highest BCUT2D eigenvalue weighted by Gasteiger charge is 2.30. The van der Waals surface area contributed by atoms with Crippen molar-refractivity contribution >= 4 is 38.4 Å². The number of pyridine rings is 2. The normalized spacial score (nSPS) is 16.9. The number of ether oxygens (including phenoxy) is 1. The Bertz CT molecular complexity index is 1410. The molecule has 6 rings (SSSR count). The van der Waals surface area contributed by atoms with Gasteiger partial charge >= 0.3 is 0 Å². The molecule has 2 N–H and O–H groups in total. The summed E-state index contributed by atoms with van der Waals surface area (Å²) in [6.45, 7) is 5.14. The van der Waals surface area contributed by atoms with E-state index < -0.39 is 6.10 Å². The van der Waals surface area contributed by atoms with E-state index in [-0.39, 0.29) is 5.91 Å². The van der Waals surface area contributed by atoms with Gasteiger partial charge in [-0.3, -0.25) is 9.48 Å². The lowest BCUT2D eigenvalue weighted by molar-refractivity contribution is 0.102. The number of thiazole rings is 1. The minimum absolute atomic E-state index is 0.283. The van der Waals surface area contributed by atoms with Crippen molar-refractivity contribution in [3.05, 3.63) is 48.0 Å². The quantitative estimate of drug-likeness (QED) is 0.393. The maximum absolute atomic E-state index is 13.2. The van der Waals surface area contributed by atoms with Gasteiger partial charge in [0.15, 0.2) is 10.8 Å². The van der Waals surface area contributed by atoms with Crippen molar-refractivity contribution in [2.75, 3.05) is 36.5 Å². The van der Waals surface area contributed by atoms with Gasteiger partial charge in [0, 0.05) is 30.8 Å². The summed E-state index contributed by atoms with van der Waals surface area (Å²) >= 11 is 1.59. The van der Waals surface area contributed by atoms with Gasteiger partial charge in [-0.05, 0) is 38.0 Å². The first-order valence-corrected chi connectivity index (χ1v) is 13.0. The molecular weight excluding hydrogens is 478 g/mol. The van der Waals surface area contributed by atoms with Crippen molar-refractivity contribution in [1.29, 1.82) is 0 Å². The predicted molar refractivity (Wildman–Crippen MR) is 138 cm³/mol. The molecule has 0 unspecified atom stereocenters. The molecule has 1 aliphatic carbocycles. The lowest BCUT2D eigenvalue weighted by Gasteiger charge is -2.25. The number of aliphatic hydroxyl groups is 1. The first kappa shape index (κ1) is 23.0. The van der Waals surface area contributed by atoms with Crippen molar-refractivity contribution in [2.24, 2.45) is 0 Å². The average Bonchev–Trinajstić information content (AvgIpc) is 3.48. The molecule has 11 heteroatoms. The van der Waals surface area contributed by atoms with Crippen LogP contribution in [0.1, 0.15) is 41.9 Å². The molecule has 5 heterocycles. The number of carbonyl (C=O) groups excluding carboxylic acids is 1. The second kappa shape index (κ2) is 9.57. The number of hydrogen-bond acceptors (Lipinski definition) is 9. The van der Waals surface area contributed by atoms with Crippen molar-refractivity contribution in [1.82, 2.24) is 24.7 Å². The molecule has 4 aromatic rings. The Morgan fingerprint density at radius 2 is 2.08 bits per heavy atom. The number of rotatable bonds is 7. The van der Waals surface area contributed by atoms with E-state index in [1.54, 1.807) is 35.2 Å². The molecule has 0 spiro atoms. The van der Waals surface area contributed by atoms with E-state index in [0.717, 1.165) is 58.4 Å². The van der Waals surface area contributed by atoms with Crippen LogP contribution in [-0.4, -0.2) is 68.2 Å². The van der Waals surface area contributed by atoms with E-state index in [9.17, 15) is 9.90 Å². The molecule has 0 radical (unpaired) electrons. The molecule has 2 fully saturated rings. The maximum atomic E-state index is 13.2. The second-order valence-electron chi connectivity index (χ2n) is 9.28. The summed E-state index contributed by atoms with van der Waals surface area (Å²) in [6, 6.07) is 7.35. The first-order chi connectivity index (χ1) is 17.5. The van der Waals surface area contributed by atoms with Crippen molar-refractivity contribution in [3.63, 3.8) is 0 Å². The molecule has 4 aromatic heterocycles. The van der Waals surface area contributed by atoms with Crippen LogP contribution >= 0.6 is 11.3 Å². The lowest BCUT2D eigenvalue weighted by Crippen LogP contribution is -2.36. The number of anilines is 2. The fourth-order valence-electron chi connectivity index (χ4n) is 4.30. The van der Waals surface area contributed by atoms with E-state index in [2.05, 4.69) is 20.3 Å². The van der Waals surface area contributed by atoms with Crippen LogP contribution < -0.4 is 10.2 Å². The number of aliphatic hydroxyl groups excluding tert-OH is 1. The third-order valence-corrected chi connectivity index (χ3v) is 7.31. The molecule has 1 saturated heterocycles. The van der Waals surface area contributed by atoms with Gasteiger partial charge in [-0.1, -0.05) is 17.4 Å². The van der Waals surface area contributed by atoms with E-state index >= 15 is 0 Å². The average molecular weight is 506 g/mol.